The Hall–Kier alpha value is -3.03. The number of benzene rings is 1. The monoisotopic (exact) mass is 463 g/mol. The molecule has 2 N–H and O–H groups in total. The maximum absolute atomic E-state index is 10.7. The minimum absolute atomic E-state index is 0.578. The number of ether oxygens (including phenoxy) is 1. The molecule has 0 spiro atoms. The first-order valence-electron chi connectivity index (χ1n) is 10.2. The van der Waals surface area contributed by atoms with Gasteiger partial charge in [0.05, 0.1) is 30.0 Å². The highest BCUT2D eigenvalue weighted by Crippen LogP contribution is 2.33. The van der Waals surface area contributed by atoms with Crippen LogP contribution in [0.2, 0.25) is 0 Å². The van der Waals surface area contributed by atoms with Crippen LogP contribution in [-0.4, -0.2) is 46.4 Å². The Kier molecular flexibility index (Phi) is 5.76. The van der Waals surface area contributed by atoms with Gasteiger partial charge in [0, 0.05) is 30.2 Å². The van der Waals surface area contributed by atoms with Crippen molar-refractivity contribution >= 4 is 50.1 Å². The SMILES string of the molecule is CC(O)(C#Cc1ccc(N2CCOCC2)c(Nc2ncnc3sccc23)c1)c1nccs1. The van der Waals surface area contributed by atoms with Crippen LogP contribution >= 0.6 is 22.7 Å². The predicted octanol–water partition coefficient (Wildman–Crippen LogP) is 3.99. The smallest absolute Gasteiger partial charge is 0.174 e. The van der Waals surface area contributed by atoms with Crippen molar-refractivity contribution in [3.63, 3.8) is 0 Å². The summed E-state index contributed by atoms with van der Waals surface area (Å²) in [5, 5.41) is 19.6. The molecule has 3 aromatic heterocycles. The van der Waals surface area contributed by atoms with E-state index in [0.717, 1.165) is 46.1 Å². The molecule has 1 aliphatic heterocycles. The number of nitrogens with one attached hydrogen (secondary N) is 1. The van der Waals surface area contributed by atoms with Gasteiger partial charge in [0.2, 0.25) is 0 Å². The molecule has 0 aliphatic carbocycles. The van der Waals surface area contributed by atoms with Crippen LogP contribution in [-0.2, 0) is 10.3 Å². The van der Waals surface area contributed by atoms with E-state index < -0.39 is 5.60 Å². The first-order chi connectivity index (χ1) is 15.6. The van der Waals surface area contributed by atoms with Crippen LogP contribution in [0.25, 0.3) is 10.2 Å². The van der Waals surface area contributed by atoms with Crippen LogP contribution in [0.5, 0.6) is 0 Å². The van der Waals surface area contributed by atoms with Crippen molar-refractivity contribution in [1.29, 1.82) is 0 Å². The molecule has 162 valence electrons. The van der Waals surface area contributed by atoms with Crippen molar-refractivity contribution in [2.45, 2.75) is 12.5 Å². The number of thiophene rings is 1. The van der Waals surface area contributed by atoms with Crippen molar-refractivity contribution in [3.8, 4) is 11.8 Å². The third-order valence-electron chi connectivity index (χ3n) is 5.16. The van der Waals surface area contributed by atoms with Crippen molar-refractivity contribution < 1.29 is 9.84 Å². The fourth-order valence-corrected chi connectivity index (χ4v) is 4.91. The van der Waals surface area contributed by atoms with E-state index in [4.69, 9.17) is 4.74 Å². The summed E-state index contributed by atoms with van der Waals surface area (Å²) in [4.78, 5) is 16.2. The van der Waals surface area contributed by atoms with Gasteiger partial charge < -0.3 is 20.1 Å². The number of hydrogen-bond acceptors (Lipinski definition) is 9. The van der Waals surface area contributed by atoms with Crippen LogP contribution in [0, 0.1) is 11.8 Å². The van der Waals surface area contributed by atoms with Gasteiger partial charge in [0.1, 0.15) is 22.0 Å². The topological polar surface area (TPSA) is 83.4 Å². The van der Waals surface area contributed by atoms with Crippen LogP contribution in [0.3, 0.4) is 0 Å². The molecule has 0 amide bonds. The number of rotatable bonds is 4. The van der Waals surface area contributed by atoms with Gasteiger partial charge in [-0.1, -0.05) is 11.8 Å². The highest BCUT2D eigenvalue weighted by atomic mass is 32.1. The molecule has 1 saturated heterocycles. The fourth-order valence-electron chi connectivity index (χ4n) is 3.52. The third kappa shape index (κ3) is 4.31. The van der Waals surface area contributed by atoms with E-state index in [1.165, 1.54) is 11.3 Å². The molecule has 32 heavy (non-hydrogen) atoms. The number of anilines is 3. The number of morpholine rings is 1. The Morgan fingerprint density at radius 1 is 1.12 bits per heavy atom. The lowest BCUT2D eigenvalue weighted by molar-refractivity contribution is 0.121. The first kappa shape index (κ1) is 20.8. The summed E-state index contributed by atoms with van der Waals surface area (Å²) >= 11 is 2.97. The van der Waals surface area contributed by atoms with E-state index in [0.29, 0.717) is 18.2 Å². The molecule has 1 aromatic carbocycles. The summed E-state index contributed by atoms with van der Waals surface area (Å²) in [5.74, 6) is 6.83. The van der Waals surface area contributed by atoms with Crippen molar-refractivity contribution in [1.82, 2.24) is 15.0 Å². The number of fused-ring (bicyclic) bond motifs is 1. The number of hydrogen-bond donors (Lipinski definition) is 2. The maximum atomic E-state index is 10.7. The molecule has 5 rings (SSSR count). The molecular formula is C23H21N5O2S2. The minimum Gasteiger partial charge on any atom is -0.378 e. The zero-order valence-electron chi connectivity index (χ0n) is 17.4. The lowest BCUT2D eigenvalue weighted by Crippen LogP contribution is -2.36. The zero-order chi connectivity index (χ0) is 22.0. The molecule has 0 bridgehead atoms. The van der Waals surface area contributed by atoms with E-state index >= 15 is 0 Å². The van der Waals surface area contributed by atoms with Crippen LogP contribution in [0.4, 0.5) is 17.2 Å². The summed E-state index contributed by atoms with van der Waals surface area (Å²) in [6.45, 7) is 4.68. The highest BCUT2D eigenvalue weighted by molar-refractivity contribution is 7.16. The van der Waals surface area contributed by atoms with Gasteiger partial charge in [0.15, 0.2) is 5.60 Å². The molecule has 4 heterocycles. The number of thiazole rings is 1. The summed E-state index contributed by atoms with van der Waals surface area (Å²) in [6.07, 6.45) is 3.24. The van der Waals surface area contributed by atoms with Gasteiger partial charge in [-0.25, -0.2) is 15.0 Å². The highest BCUT2D eigenvalue weighted by Gasteiger charge is 2.23. The summed E-state index contributed by atoms with van der Waals surface area (Å²) in [6, 6.07) is 8.05. The number of nitrogens with zero attached hydrogens (tertiary/aromatic N) is 4. The molecule has 7 nitrogen and oxygen atoms in total. The third-order valence-corrected chi connectivity index (χ3v) is 6.97. The van der Waals surface area contributed by atoms with Gasteiger partial charge in [-0.2, -0.15) is 0 Å². The number of aliphatic hydroxyl groups is 1. The molecule has 0 saturated carbocycles. The van der Waals surface area contributed by atoms with Crippen LogP contribution in [0.1, 0.15) is 17.5 Å². The predicted molar refractivity (Wildman–Crippen MR) is 129 cm³/mol. The molecule has 1 aliphatic rings. The largest absolute Gasteiger partial charge is 0.378 e. The lowest BCUT2D eigenvalue weighted by Gasteiger charge is -2.30. The van der Waals surface area contributed by atoms with E-state index in [1.807, 2.05) is 29.0 Å². The average Bonchev–Trinajstić information content (AvgIpc) is 3.52. The Balaban J connectivity index is 1.52. The van der Waals surface area contributed by atoms with Crippen LogP contribution < -0.4 is 10.2 Å². The second-order valence-corrected chi connectivity index (χ2v) is 9.27. The van der Waals surface area contributed by atoms with Gasteiger partial charge in [0.25, 0.3) is 0 Å². The molecule has 9 heteroatoms. The van der Waals surface area contributed by atoms with E-state index in [1.54, 1.807) is 30.8 Å². The van der Waals surface area contributed by atoms with Gasteiger partial charge in [-0.15, -0.1) is 22.7 Å². The second-order valence-electron chi connectivity index (χ2n) is 7.48. The van der Waals surface area contributed by atoms with Crippen molar-refractivity contribution in [3.05, 3.63) is 58.1 Å². The maximum Gasteiger partial charge on any atom is 0.174 e. The van der Waals surface area contributed by atoms with E-state index in [2.05, 4.69) is 43.1 Å². The Morgan fingerprint density at radius 2 is 2.00 bits per heavy atom. The second kappa shape index (κ2) is 8.84. The van der Waals surface area contributed by atoms with Crippen molar-refractivity contribution in [2.75, 3.05) is 36.5 Å². The van der Waals surface area contributed by atoms with E-state index in [-0.39, 0.29) is 0 Å². The summed E-state index contributed by atoms with van der Waals surface area (Å²) < 4.78 is 5.53. The minimum atomic E-state index is -1.31. The van der Waals surface area contributed by atoms with E-state index in [9.17, 15) is 5.11 Å². The molecule has 1 unspecified atom stereocenters. The van der Waals surface area contributed by atoms with Gasteiger partial charge in [-0.3, -0.25) is 0 Å². The summed E-state index contributed by atoms with van der Waals surface area (Å²) in [5.41, 5.74) is 1.45. The standard InChI is InChI=1S/C23H21N5O2S2/c1-23(29,22-24-7-13-32-22)6-4-16-2-3-19(28-8-10-30-11-9-28)18(14-16)27-20-17-5-12-31-21(17)26-15-25-20/h2-3,5,7,12-15,29H,8-11H2,1H3,(H,25,26,27). The fraction of sp³-hybridized carbons (Fsp3) is 0.261. The van der Waals surface area contributed by atoms with Crippen LogP contribution in [0.15, 0.2) is 47.5 Å². The van der Waals surface area contributed by atoms with Gasteiger partial charge in [-0.05, 0) is 36.6 Å². The lowest BCUT2D eigenvalue weighted by atomic mass is 10.1. The summed E-state index contributed by atoms with van der Waals surface area (Å²) in [7, 11) is 0. The molecular weight excluding hydrogens is 442 g/mol. The zero-order valence-corrected chi connectivity index (χ0v) is 19.0. The quantitative estimate of drug-likeness (QED) is 0.443. The molecule has 4 aromatic rings. The Bertz CT molecular complexity index is 1280. The van der Waals surface area contributed by atoms with Crippen molar-refractivity contribution in [2.24, 2.45) is 0 Å². The number of aromatic nitrogens is 3. The normalized spacial score (nSPS) is 15.8. The molecule has 1 atom stereocenters. The molecule has 0 radical (unpaired) electrons. The van der Waals surface area contributed by atoms with Gasteiger partial charge >= 0.3 is 0 Å². The Labute approximate surface area is 193 Å². The average molecular weight is 464 g/mol. The Morgan fingerprint density at radius 3 is 2.81 bits per heavy atom. The first-order valence-corrected chi connectivity index (χ1v) is 11.9. The molecule has 1 fully saturated rings.